The van der Waals surface area contributed by atoms with Crippen molar-refractivity contribution in [3.05, 3.63) is 42.0 Å². The molecule has 15 heavy (non-hydrogen) atoms. The quantitative estimate of drug-likeness (QED) is 0.696. The number of ketones is 1. The van der Waals surface area contributed by atoms with E-state index in [4.69, 9.17) is 0 Å². The first-order valence-electron chi connectivity index (χ1n) is 4.66. The average molecular weight is 201 g/mol. The molecule has 0 N–H and O–H groups in total. The maximum atomic E-state index is 11.1. The Labute approximate surface area is 87.6 Å². The van der Waals surface area contributed by atoms with Crippen molar-refractivity contribution in [2.75, 3.05) is 0 Å². The predicted octanol–water partition coefficient (Wildman–Crippen LogP) is 1.78. The van der Waals surface area contributed by atoms with Gasteiger partial charge >= 0.3 is 0 Å². The lowest BCUT2D eigenvalue weighted by Crippen LogP contribution is -1.97. The third kappa shape index (κ3) is 1.93. The van der Waals surface area contributed by atoms with Crippen LogP contribution in [0.5, 0.6) is 0 Å². The topological polar surface area (TPSA) is 47.8 Å². The summed E-state index contributed by atoms with van der Waals surface area (Å²) >= 11 is 0. The molecule has 1 heterocycles. The molecule has 0 atom stereocenters. The van der Waals surface area contributed by atoms with E-state index in [0.29, 0.717) is 5.56 Å². The number of hydrogen-bond acceptors (Lipinski definition) is 3. The maximum Gasteiger partial charge on any atom is 0.159 e. The summed E-state index contributed by atoms with van der Waals surface area (Å²) in [5.74, 6) is 0.793. The first-order chi connectivity index (χ1) is 7.16. The van der Waals surface area contributed by atoms with Crippen LogP contribution in [0.4, 0.5) is 0 Å². The molecule has 1 aromatic heterocycles. The fraction of sp³-hybridized carbons (Fsp3) is 0.182. The molecule has 2 rings (SSSR count). The van der Waals surface area contributed by atoms with Crippen LogP contribution in [-0.4, -0.2) is 20.5 Å². The highest BCUT2D eigenvalue weighted by Gasteiger charge is 2.01. The second-order valence-electron chi connectivity index (χ2n) is 3.34. The van der Waals surface area contributed by atoms with Gasteiger partial charge in [-0.15, -0.1) is 0 Å². The van der Waals surface area contributed by atoms with Gasteiger partial charge in [-0.3, -0.25) is 4.79 Å². The summed E-state index contributed by atoms with van der Waals surface area (Å²) in [6.07, 6.45) is 1.65. The smallest absolute Gasteiger partial charge is 0.159 e. The van der Waals surface area contributed by atoms with Gasteiger partial charge in [-0.25, -0.2) is 9.67 Å². The van der Waals surface area contributed by atoms with Gasteiger partial charge < -0.3 is 0 Å². The first-order valence-corrected chi connectivity index (χ1v) is 4.66. The van der Waals surface area contributed by atoms with E-state index < -0.39 is 0 Å². The number of Topliss-reactive ketones (excluding diaryl/α,β-unsaturated/α-hetero) is 1. The fourth-order valence-electron chi connectivity index (χ4n) is 1.32. The molecular formula is C11H11N3O. The fourth-order valence-corrected chi connectivity index (χ4v) is 1.32. The molecule has 0 saturated heterocycles. The molecule has 76 valence electrons. The van der Waals surface area contributed by atoms with Gasteiger partial charge in [0.2, 0.25) is 0 Å². The van der Waals surface area contributed by atoms with Gasteiger partial charge in [0.25, 0.3) is 0 Å². The zero-order valence-electron chi connectivity index (χ0n) is 8.64. The van der Waals surface area contributed by atoms with Crippen molar-refractivity contribution in [3.8, 4) is 5.69 Å². The highest BCUT2D eigenvalue weighted by molar-refractivity contribution is 5.94. The molecule has 0 aliphatic heterocycles. The molecule has 0 unspecified atom stereocenters. The molecule has 0 radical (unpaired) electrons. The normalized spacial score (nSPS) is 10.3. The molecular weight excluding hydrogens is 190 g/mol. The lowest BCUT2D eigenvalue weighted by atomic mass is 10.1. The largest absolute Gasteiger partial charge is 0.295 e. The van der Waals surface area contributed by atoms with E-state index in [1.807, 2.05) is 19.1 Å². The number of aromatic nitrogens is 3. The van der Waals surface area contributed by atoms with Gasteiger partial charge in [0, 0.05) is 5.56 Å². The van der Waals surface area contributed by atoms with E-state index >= 15 is 0 Å². The zero-order valence-corrected chi connectivity index (χ0v) is 8.64. The summed E-state index contributed by atoms with van der Waals surface area (Å²) in [5, 5.41) is 4.18. The number of benzene rings is 1. The van der Waals surface area contributed by atoms with Crippen molar-refractivity contribution >= 4 is 5.78 Å². The van der Waals surface area contributed by atoms with Crippen LogP contribution in [0.3, 0.4) is 0 Å². The van der Waals surface area contributed by atoms with Crippen LogP contribution in [-0.2, 0) is 0 Å². The molecule has 0 amide bonds. The van der Waals surface area contributed by atoms with E-state index in [1.54, 1.807) is 30.1 Å². The second kappa shape index (κ2) is 3.65. The van der Waals surface area contributed by atoms with Gasteiger partial charge in [-0.2, -0.15) is 5.10 Å². The van der Waals surface area contributed by atoms with Crippen LogP contribution in [0.2, 0.25) is 0 Å². The second-order valence-corrected chi connectivity index (χ2v) is 3.34. The van der Waals surface area contributed by atoms with Gasteiger partial charge in [-0.05, 0) is 38.1 Å². The van der Waals surface area contributed by atoms with Crippen LogP contribution in [0.1, 0.15) is 23.1 Å². The highest BCUT2D eigenvalue weighted by atomic mass is 16.1. The van der Waals surface area contributed by atoms with E-state index in [9.17, 15) is 4.79 Å². The van der Waals surface area contributed by atoms with Gasteiger partial charge in [0.1, 0.15) is 12.2 Å². The maximum absolute atomic E-state index is 11.1. The Bertz CT molecular complexity index is 485. The molecule has 0 saturated carbocycles. The number of carbonyl (C=O) groups excluding carboxylic acids is 1. The minimum absolute atomic E-state index is 0.0660. The number of rotatable bonds is 2. The monoisotopic (exact) mass is 201 g/mol. The van der Waals surface area contributed by atoms with Crippen molar-refractivity contribution in [1.82, 2.24) is 14.8 Å². The molecule has 0 aliphatic carbocycles. The molecule has 4 nitrogen and oxygen atoms in total. The summed E-state index contributed by atoms with van der Waals surface area (Å²) in [4.78, 5) is 15.1. The first kappa shape index (κ1) is 9.58. The molecule has 0 fully saturated rings. The Balaban J connectivity index is 2.35. The van der Waals surface area contributed by atoms with E-state index in [2.05, 4.69) is 10.1 Å². The van der Waals surface area contributed by atoms with E-state index in [-0.39, 0.29) is 5.78 Å². The lowest BCUT2D eigenvalue weighted by Gasteiger charge is -2.00. The summed E-state index contributed by atoms with van der Waals surface area (Å²) in [6.45, 7) is 3.38. The van der Waals surface area contributed by atoms with Crippen molar-refractivity contribution in [1.29, 1.82) is 0 Å². The van der Waals surface area contributed by atoms with Crippen LogP contribution in [0.25, 0.3) is 5.69 Å². The lowest BCUT2D eigenvalue weighted by molar-refractivity contribution is 0.101. The van der Waals surface area contributed by atoms with Gasteiger partial charge in [0.15, 0.2) is 5.78 Å². The zero-order chi connectivity index (χ0) is 10.8. The van der Waals surface area contributed by atoms with Crippen LogP contribution in [0.15, 0.2) is 30.6 Å². The Morgan fingerprint density at radius 3 is 2.40 bits per heavy atom. The van der Waals surface area contributed by atoms with E-state index in [0.717, 1.165) is 11.5 Å². The Kier molecular flexibility index (Phi) is 2.33. The Morgan fingerprint density at radius 2 is 1.93 bits per heavy atom. The molecule has 1 aromatic carbocycles. The van der Waals surface area contributed by atoms with Crippen molar-refractivity contribution < 1.29 is 4.79 Å². The van der Waals surface area contributed by atoms with E-state index in [1.165, 1.54) is 0 Å². The standard InChI is InChI=1S/C11H11N3O/c1-8(15)10-3-5-11(6-4-10)14-7-12-9(2)13-14/h3-7H,1-2H3. The average Bonchev–Trinajstić information content (AvgIpc) is 2.65. The third-order valence-corrected chi connectivity index (χ3v) is 2.14. The molecule has 4 heteroatoms. The summed E-state index contributed by atoms with van der Waals surface area (Å²) < 4.78 is 1.68. The highest BCUT2D eigenvalue weighted by Crippen LogP contribution is 2.08. The Hall–Kier alpha value is -1.97. The summed E-state index contributed by atoms with van der Waals surface area (Å²) in [5.41, 5.74) is 1.61. The van der Waals surface area contributed by atoms with Crippen LogP contribution >= 0.6 is 0 Å². The van der Waals surface area contributed by atoms with Gasteiger partial charge in [0.05, 0.1) is 5.69 Å². The number of nitrogens with zero attached hydrogens (tertiary/aromatic N) is 3. The van der Waals surface area contributed by atoms with Crippen molar-refractivity contribution in [2.24, 2.45) is 0 Å². The SMILES string of the molecule is CC(=O)c1ccc(-n2cnc(C)n2)cc1. The van der Waals surface area contributed by atoms with Crippen LogP contribution in [0, 0.1) is 6.92 Å². The molecule has 0 spiro atoms. The Morgan fingerprint density at radius 1 is 1.27 bits per heavy atom. The summed E-state index contributed by atoms with van der Waals surface area (Å²) in [7, 11) is 0. The van der Waals surface area contributed by atoms with Crippen molar-refractivity contribution in [2.45, 2.75) is 13.8 Å². The summed E-state index contributed by atoms with van der Waals surface area (Å²) in [6, 6.07) is 7.28. The van der Waals surface area contributed by atoms with Crippen molar-refractivity contribution in [3.63, 3.8) is 0 Å². The molecule has 0 bridgehead atoms. The number of carbonyl (C=O) groups is 1. The number of hydrogen-bond donors (Lipinski definition) is 0. The van der Waals surface area contributed by atoms with Crippen LogP contribution < -0.4 is 0 Å². The molecule has 0 aliphatic rings. The van der Waals surface area contributed by atoms with Gasteiger partial charge in [-0.1, -0.05) is 0 Å². The molecule has 2 aromatic rings. The minimum Gasteiger partial charge on any atom is -0.295 e. The third-order valence-electron chi connectivity index (χ3n) is 2.14. The number of aryl methyl sites for hydroxylation is 1. The predicted molar refractivity (Wildman–Crippen MR) is 56.1 cm³/mol. The minimum atomic E-state index is 0.0660.